The van der Waals surface area contributed by atoms with Crippen molar-refractivity contribution in [1.82, 2.24) is 9.89 Å². The van der Waals surface area contributed by atoms with Crippen molar-refractivity contribution in [3.63, 3.8) is 0 Å². The van der Waals surface area contributed by atoms with E-state index in [1.807, 2.05) is 119 Å². The van der Waals surface area contributed by atoms with E-state index in [9.17, 15) is 19.5 Å². The normalized spacial score (nSPS) is 14.4. The van der Waals surface area contributed by atoms with Gasteiger partial charge in [0.25, 0.3) is 0 Å². The van der Waals surface area contributed by atoms with Crippen LogP contribution in [-0.2, 0) is 14.4 Å². The van der Waals surface area contributed by atoms with Crippen LogP contribution in [0, 0.1) is 0 Å². The first-order valence-corrected chi connectivity index (χ1v) is 20.0. The third-order valence-corrected chi connectivity index (χ3v) is 10.5. The molecule has 0 saturated carbocycles. The number of hydrogen-bond acceptors (Lipinski definition) is 9. The first-order valence-electron chi connectivity index (χ1n) is 20.0. The van der Waals surface area contributed by atoms with E-state index in [4.69, 9.17) is 18.9 Å². The zero-order chi connectivity index (χ0) is 43.9. The smallest absolute Gasteiger partial charge is 0.224 e. The molecule has 0 aromatic heterocycles. The number of amides is 2. The Morgan fingerprint density at radius 3 is 1.50 bits per heavy atom. The van der Waals surface area contributed by atoms with Crippen molar-refractivity contribution in [3.8, 4) is 23.0 Å². The van der Waals surface area contributed by atoms with E-state index in [2.05, 4.69) is 10.6 Å². The van der Waals surface area contributed by atoms with E-state index in [-0.39, 0.29) is 41.6 Å². The number of aliphatic hydroxyl groups is 1. The molecule has 2 aliphatic carbocycles. The topological polar surface area (TPSA) is 139 Å². The van der Waals surface area contributed by atoms with E-state index < -0.39 is 5.78 Å². The van der Waals surface area contributed by atoms with E-state index in [1.165, 1.54) is 0 Å². The molecule has 5 aromatic carbocycles. The van der Waals surface area contributed by atoms with Crippen molar-refractivity contribution in [2.24, 2.45) is 0 Å². The number of nitrogens with zero attached hydrogens (tertiary/aromatic N) is 2. The molecule has 0 fully saturated rings. The number of anilines is 4. The van der Waals surface area contributed by atoms with Crippen LogP contribution in [0.3, 0.4) is 0 Å². The number of ketones is 1. The molecule has 0 unspecified atom stereocenters. The Bertz CT molecular complexity index is 2580. The summed E-state index contributed by atoms with van der Waals surface area (Å²) in [4.78, 5) is 42.4. The maximum Gasteiger partial charge on any atom is 0.224 e. The van der Waals surface area contributed by atoms with E-state index in [0.717, 1.165) is 22.7 Å². The number of methoxy groups -OCH3 is 4. The molecule has 2 aliphatic rings. The highest BCUT2D eigenvalue weighted by Crippen LogP contribution is 2.45. The lowest BCUT2D eigenvalue weighted by Gasteiger charge is -2.29. The molecule has 12 heteroatoms. The van der Waals surface area contributed by atoms with Crippen LogP contribution in [0.25, 0.3) is 5.57 Å². The van der Waals surface area contributed by atoms with Crippen molar-refractivity contribution < 1.29 is 38.4 Å². The molecule has 0 aliphatic heterocycles. The Balaban J connectivity index is 1.35. The van der Waals surface area contributed by atoms with Crippen LogP contribution in [0.5, 0.6) is 23.0 Å². The van der Waals surface area contributed by atoms with Gasteiger partial charge in [0.15, 0.2) is 0 Å². The quantitative estimate of drug-likeness (QED) is 0.0738. The van der Waals surface area contributed by atoms with E-state index in [0.29, 0.717) is 56.9 Å². The van der Waals surface area contributed by atoms with Crippen LogP contribution in [0.15, 0.2) is 156 Å². The maximum atomic E-state index is 14.4. The van der Waals surface area contributed by atoms with Crippen molar-refractivity contribution in [1.29, 1.82) is 0 Å². The largest absolute Gasteiger partial charge is 0.506 e. The predicted molar refractivity (Wildman–Crippen MR) is 243 cm³/mol. The monoisotopic (exact) mass is 831 g/mol. The lowest BCUT2D eigenvalue weighted by Crippen LogP contribution is -2.30. The van der Waals surface area contributed by atoms with Gasteiger partial charge in [0.05, 0.1) is 51.0 Å². The average Bonchev–Trinajstić information content (AvgIpc) is 3.31. The highest BCUT2D eigenvalue weighted by atomic mass is 16.5. The zero-order valence-corrected chi connectivity index (χ0v) is 35.3. The number of carbonyl (C=O) groups excluding carboxylic acids is 3. The van der Waals surface area contributed by atoms with Crippen molar-refractivity contribution in [2.75, 3.05) is 38.7 Å². The standard InChI is InChI=1S/C50H46N4O8/c1-7-45(55)51-43-29-35(53(31-9-19-37(59-3)20-10-31)32-11-21-38(60-4)22-12-32)17-27-41(43)47-49(57)48(50(47)58)42-28-18-36(30-44(42)52-46(56)8-2)54(33-13-23-39(61-5)24-14-33)34-15-25-40(62-6)26-16-34/h9-30H,7-8H2,1-6H3,(H2,51,52,55,56,57,58)/p+1. The van der Waals surface area contributed by atoms with Crippen LogP contribution >= 0.6 is 0 Å². The SMILES string of the molecule is CCC(=O)NC1=CC(=[N+](c2ccc(OC)cc2)c2ccc(OC)cc2)C=C/C1=C1/C(=O)C(c2ccc(N(c3ccc(OC)cc3)c3ccc(OC)cc3)cc2NC(=O)CC)=C1O. The van der Waals surface area contributed by atoms with Gasteiger partial charge in [0.1, 0.15) is 28.8 Å². The minimum Gasteiger partial charge on any atom is -0.506 e. The average molecular weight is 832 g/mol. The lowest BCUT2D eigenvalue weighted by molar-refractivity contribution is -0.120. The number of carbonyl (C=O) groups is 3. The zero-order valence-electron chi connectivity index (χ0n) is 35.3. The molecule has 0 spiro atoms. The van der Waals surface area contributed by atoms with Crippen LogP contribution in [-0.4, -0.2) is 56.9 Å². The number of nitrogens with one attached hydrogen (secondary N) is 2. The molecular formula is C50H47N4O8+. The number of hydrogen-bond donors (Lipinski definition) is 3. The Morgan fingerprint density at radius 1 is 0.597 bits per heavy atom. The van der Waals surface area contributed by atoms with Crippen LogP contribution in [0.4, 0.5) is 34.1 Å². The van der Waals surface area contributed by atoms with Gasteiger partial charge in [-0.1, -0.05) is 13.8 Å². The van der Waals surface area contributed by atoms with Gasteiger partial charge < -0.3 is 39.6 Å². The fourth-order valence-corrected chi connectivity index (χ4v) is 7.18. The first-order chi connectivity index (χ1) is 30.1. The highest BCUT2D eigenvalue weighted by Gasteiger charge is 2.40. The number of benzene rings is 5. The third-order valence-electron chi connectivity index (χ3n) is 10.5. The highest BCUT2D eigenvalue weighted by molar-refractivity contribution is 6.40. The number of Topliss-reactive ketones (excluding diaryl/α,β-unsaturated/α-hetero) is 1. The lowest BCUT2D eigenvalue weighted by atomic mass is 9.78. The number of aliphatic hydroxyl groups excluding tert-OH is 1. The number of rotatable bonds is 14. The summed E-state index contributed by atoms with van der Waals surface area (Å²) in [6, 6.07) is 35.5. The molecule has 3 N–H and O–H groups in total. The fraction of sp³-hybridized carbons (Fsp3) is 0.160. The van der Waals surface area contributed by atoms with Gasteiger partial charge in [-0.05, 0) is 97.1 Å². The van der Waals surface area contributed by atoms with Crippen molar-refractivity contribution in [3.05, 3.63) is 162 Å². The summed E-state index contributed by atoms with van der Waals surface area (Å²) in [6.45, 7) is 3.47. The molecular weight excluding hydrogens is 785 g/mol. The maximum absolute atomic E-state index is 14.4. The summed E-state index contributed by atoms with van der Waals surface area (Å²) in [7, 11) is 6.41. The van der Waals surface area contributed by atoms with Gasteiger partial charge >= 0.3 is 0 Å². The van der Waals surface area contributed by atoms with Gasteiger partial charge in [-0.2, -0.15) is 4.58 Å². The second-order valence-electron chi connectivity index (χ2n) is 14.2. The summed E-state index contributed by atoms with van der Waals surface area (Å²) in [6.07, 6.45) is 5.67. The summed E-state index contributed by atoms with van der Waals surface area (Å²) in [5, 5.41) is 17.8. The third kappa shape index (κ3) is 8.57. The fourth-order valence-electron chi connectivity index (χ4n) is 7.18. The molecule has 0 radical (unpaired) electrons. The van der Waals surface area contributed by atoms with Crippen LogP contribution in [0.2, 0.25) is 0 Å². The summed E-state index contributed by atoms with van der Waals surface area (Å²) >= 11 is 0. The Kier molecular flexibility index (Phi) is 12.7. The van der Waals surface area contributed by atoms with Gasteiger partial charge in [-0.15, -0.1) is 0 Å². The Morgan fingerprint density at radius 2 is 1.05 bits per heavy atom. The van der Waals surface area contributed by atoms with Crippen molar-refractivity contribution >= 4 is 63.0 Å². The number of ether oxygens (including phenoxy) is 4. The second kappa shape index (κ2) is 18.6. The molecule has 0 saturated heterocycles. The van der Waals surface area contributed by atoms with Gasteiger partial charge in [-0.3, -0.25) is 14.4 Å². The Hall–Kier alpha value is -7.86. The summed E-state index contributed by atoms with van der Waals surface area (Å²) in [5.41, 5.74) is 5.97. The molecule has 62 heavy (non-hydrogen) atoms. The molecule has 0 atom stereocenters. The Labute approximate surface area is 360 Å². The van der Waals surface area contributed by atoms with Gasteiger partial charge in [0.2, 0.25) is 34.7 Å². The molecule has 314 valence electrons. The molecule has 5 aromatic rings. The van der Waals surface area contributed by atoms with Crippen LogP contribution < -0.4 is 39.1 Å². The number of allylic oxidation sites excluding steroid dienone is 5. The second-order valence-corrected chi connectivity index (χ2v) is 14.2. The molecule has 0 heterocycles. The molecule has 12 nitrogen and oxygen atoms in total. The molecule has 0 bridgehead atoms. The van der Waals surface area contributed by atoms with Gasteiger partial charge in [0, 0.05) is 77.5 Å². The minimum atomic E-state index is -0.452. The summed E-state index contributed by atoms with van der Waals surface area (Å²) < 4.78 is 23.6. The van der Waals surface area contributed by atoms with E-state index in [1.54, 1.807) is 66.6 Å². The van der Waals surface area contributed by atoms with Crippen molar-refractivity contribution in [2.45, 2.75) is 26.7 Å². The minimum absolute atomic E-state index is 0.0355. The van der Waals surface area contributed by atoms with Gasteiger partial charge in [-0.25, -0.2) is 0 Å². The molecule has 2 amide bonds. The van der Waals surface area contributed by atoms with Crippen LogP contribution in [0.1, 0.15) is 32.3 Å². The predicted octanol–water partition coefficient (Wildman–Crippen LogP) is 9.64. The first kappa shape index (κ1) is 42.3. The van der Waals surface area contributed by atoms with E-state index >= 15 is 0 Å². The summed E-state index contributed by atoms with van der Waals surface area (Å²) in [5.74, 6) is 1.47. The molecule has 7 rings (SSSR count).